The molecule has 2 unspecified atom stereocenters. The Kier molecular flexibility index (Phi) is 12.8. The Morgan fingerprint density at radius 2 is 1.63 bits per heavy atom. The maximum Gasteiger partial charge on any atom is 0.419 e. The minimum absolute atomic E-state index is 0.102. The van der Waals surface area contributed by atoms with Gasteiger partial charge in [-0.2, -0.15) is 18.3 Å². The fraction of sp³-hybridized carbons (Fsp3) is 0.257. The molecule has 0 radical (unpaired) electrons. The van der Waals surface area contributed by atoms with E-state index in [1.165, 1.54) is 46.1 Å². The number of para-hydroxylation sites is 1. The molecule has 0 aliphatic carbocycles. The van der Waals surface area contributed by atoms with Gasteiger partial charge in [-0.25, -0.2) is 13.2 Å². The molecule has 1 N–H and O–H groups in total. The SMILES string of the molecule is COc1ccccc1S(=O)(=O)N(Cc1ccc(-c2cccc(C#N)c2)cc1)Cc1ccc(C(F)(F)OOC(=O)C(C)(C)C(C)O[PH](=O)O)c(Cl)c1. The molecule has 0 aliphatic heterocycles. The molecule has 0 saturated carbocycles. The standard InChI is InChI=1S/C35H34ClF2N2O9PS/c1-23(48-50(42)43)34(2,3)33(41)47-49-35(37,38)29-17-14-26(19-30(29)36)22-40(51(44,45)32-11-6-5-10-31(32)46-4)21-24-12-15-27(16-13-24)28-9-7-8-25(18-28)20-39/h5-19,23,50H,21-22H2,1-4H3,(H,42,43). The van der Waals surface area contributed by atoms with E-state index >= 15 is 8.78 Å². The van der Waals surface area contributed by atoms with Crippen LogP contribution < -0.4 is 4.74 Å². The summed E-state index contributed by atoms with van der Waals surface area (Å²) in [6, 6.07) is 25.5. The summed E-state index contributed by atoms with van der Waals surface area (Å²) in [5.41, 5.74) is 0.421. The molecule has 0 fully saturated rings. The van der Waals surface area contributed by atoms with Crippen molar-refractivity contribution in [3.63, 3.8) is 0 Å². The van der Waals surface area contributed by atoms with Gasteiger partial charge in [0.15, 0.2) is 0 Å². The first kappa shape index (κ1) is 39.6. The van der Waals surface area contributed by atoms with Crippen LogP contribution in [0.4, 0.5) is 8.78 Å². The molecule has 0 saturated heterocycles. The number of benzene rings is 4. The quantitative estimate of drug-likeness (QED) is 0.0728. The molecule has 270 valence electrons. The molecule has 16 heteroatoms. The zero-order valence-corrected chi connectivity index (χ0v) is 30.4. The normalized spacial score (nSPS) is 13.3. The number of methoxy groups -OCH3 is 1. The molecule has 0 spiro atoms. The van der Waals surface area contributed by atoms with Crippen molar-refractivity contribution in [2.24, 2.45) is 5.41 Å². The van der Waals surface area contributed by atoms with Crippen LogP contribution in [0.5, 0.6) is 5.75 Å². The molecular weight excluding hydrogens is 729 g/mol. The minimum atomic E-state index is -4.25. The van der Waals surface area contributed by atoms with Gasteiger partial charge in [0.1, 0.15) is 10.6 Å². The fourth-order valence-corrected chi connectivity index (χ4v) is 7.26. The summed E-state index contributed by atoms with van der Waals surface area (Å²) >= 11 is 6.26. The first-order valence-electron chi connectivity index (χ1n) is 15.2. The van der Waals surface area contributed by atoms with Crippen molar-refractivity contribution in [3.8, 4) is 22.9 Å². The Morgan fingerprint density at radius 1 is 0.980 bits per heavy atom. The fourth-order valence-electron chi connectivity index (χ4n) is 4.77. The van der Waals surface area contributed by atoms with Gasteiger partial charge in [0.05, 0.1) is 40.8 Å². The average molecular weight is 763 g/mol. The van der Waals surface area contributed by atoms with E-state index in [9.17, 15) is 23.0 Å². The van der Waals surface area contributed by atoms with E-state index < -0.39 is 52.5 Å². The van der Waals surface area contributed by atoms with Gasteiger partial charge in [-0.1, -0.05) is 66.2 Å². The molecule has 11 nitrogen and oxygen atoms in total. The Bertz CT molecular complexity index is 2060. The van der Waals surface area contributed by atoms with Gasteiger partial charge in [-0.15, -0.1) is 4.89 Å². The number of hydrogen-bond donors (Lipinski definition) is 1. The van der Waals surface area contributed by atoms with Crippen molar-refractivity contribution in [2.75, 3.05) is 7.11 Å². The summed E-state index contributed by atoms with van der Waals surface area (Å²) in [5.74, 6) is -1.20. The second-order valence-corrected chi connectivity index (χ2v) is 14.9. The monoisotopic (exact) mass is 762 g/mol. The molecule has 0 heterocycles. The lowest BCUT2D eigenvalue weighted by Crippen LogP contribution is -2.38. The second-order valence-electron chi connectivity index (χ2n) is 11.8. The van der Waals surface area contributed by atoms with E-state index in [2.05, 4.69) is 15.8 Å². The number of nitrogens with zero attached hydrogens (tertiary/aromatic N) is 2. The van der Waals surface area contributed by atoms with Crippen LogP contribution in [0.2, 0.25) is 5.02 Å². The van der Waals surface area contributed by atoms with Crippen molar-refractivity contribution in [2.45, 2.75) is 51.0 Å². The third kappa shape index (κ3) is 9.58. The van der Waals surface area contributed by atoms with Crippen LogP contribution in [0, 0.1) is 16.7 Å². The van der Waals surface area contributed by atoms with Crippen molar-refractivity contribution in [3.05, 3.63) is 118 Å². The van der Waals surface area contributed by atoms with Gasteiger partial charge in [-0.3, -0.25) is 9.45 Å². The van der Waals surface area contributed by atoms with Crippen molar-refractivity contribution < 1.29 is 50.5 Å². The summed E-state index contributed by atoms with van der Waals surface area (Å²) in [6.07, 6.45) is -5.43. The van der Waals surface area contributed by atoms with Crippen molar-refractivity contribution in [1.29, 1.82) is 5.26 Å². The maximum absolute atomic E-state index is 15.1. The molecular formula is C35H34ClF2N2O9PS. The number of halogens is 3. The van der Waals surface area contributed by atoms with E-state index in [-0.39, 0.29) is 29.3 Å². The van der Waals surface area contributed by atoms with Crippen LogP contribution >= 0.6 is 19.9 Å². The first-order chi connectivity index (χ1) is 24.0. The zero-order chi connectivity index (χ0) is 37.6. The van der Waals surface area contributed by atoms with Gasteiger partial charge in [0.25, 0.3) is 0 Å². The predicted octanol–water partition coefficient (Wildman–Crippen LogP) is 7.62. The molecule has 4 rings (SSSR count). The molecule has 4 aromatic rings. The smallest absolute Gasteiger partial charge is 0.419 e. The number of carbonyl (C=O) groups is 1. The third-order valence-corrected chi connectivity index (χ3v) is 10.8. The van der Waals surface area contributed by atoms with Gasteiger partial charge in [0, 0.05) is 13.1 Å². The van der Waals surface area contributed by atoms with E-state index in [0.717, 1.165) is 27.6 Å². The number of ether oxygens (including phenoxy) is 1. The van der Waals surface area contributed by atoms with Crippen molar-refractivity contribution >= 4 is 35.8 Å². The summed E-state index contributed by atoms with van der Waals surface area (Å²) < 4.78 is 80.6. The van der Waals surface area contributed by atoms with Gasteiger partial charge >= 0.3 is 20.3 Å². The lowest BCUT2D eigenvalue weighted by molar-refractivity contribution is -0.426. The summed E-state index contributed by atoms with van der Waals surface area (Å²) in [6.45, 7) is 3.37. The summed E-state index contributed by atoms with van der Waals surface area (Å²) in [7, 11) is -6.35. The van der Waals surface area contributed by atoms with Crippen LogP contribution in [0.1, 0.15) is 43.0 Å². The highest BCUT2D eigenvalue weighted by molar-refractivity contribution is 7.89. The number of carbonyl (C=O) groups excluding carboxylic acids is 1. The van der Waals surface area contributed by atoms with E-state index in [1.807, 2.05) is 6.07 Å². The zero-order valence-electron chi connectivity index (χ0n) is 27.8. The van der Waals surface area contributed by atoms with Crippen LogP contribution in [0.15, 0.2) is 95.9 Å². The molecule has 0 amide bonds. The van der Waals surface area contributed by atoms with Crippen LogP contribution in [0.25, 0.3) is 11.1 Å². The van der Waals surface area contributed by atoms with Gasteiger partial charge in [-0.05, 0) is 79.4 Å². The molecule has 51 heavy (non-hydrogen) atoms. The lowest BCUT2D eigenvalue weighted by Gasteiger charge is -2.28. The van der Waals surface area contributed by atoms with E-state index in [4.69, 9.17) is 25.8 Å². The third-order valence-electron chi connectivity index (χ3n) is 8.07. The Balaban J connectivity index is 1.60. The van der Waals surface area contributed by atoms with Crippen molar-refractivity contribution in [1.82, 2.24) is 4.31 Å². The first-order valence-corrected chi connectivity index (χ1v) is 18.3. The number of alkyl halides is 2. The molecule has 0 aliphatic rings. The lowest BCUT2D eigenvalue weighted by atomic mass is 9.88. The summed E-state index contributed by atoms with van der Waals surface area (Å²) in [4.78, 5) is 30.0. The van der Waals surface area contributed by atoms with Gasteiger partial charge in [0.2, 0.25) is 10.0 Å². The average Bonchev–Trinajstić information content (AvgIpc) is 3.10. The highest BCUT2D eigenvalue weighted by Gasteiger charge is 2.43. The van der Waals surface area contributed by atoms with Gasteiger partial charge < -0.3 is 14.2 Å². The highest BCUT2D eigenvalue weighted by Crippen LogP contribution is 2.38. The maximum atomic E-state index is 15.1. The predicted molar refractivity (Wildman–Crippen MR) is 184 cm³/mol. The number of sulfonamides is 1. The van der Waals surface area contributed by atoms with Crippen LogP contribution in [0.3, 0.4) is 0 Å². The van der Waals surface area contributed by atoms with E-state index in [0.29, 0.717) is 11.1 Å². The van der Waals surface area contributed by atoms with E-state index in [1.54, 1.807) is 54.6 Å². The van der Waals surface area contributed by atoms with Crippen LogP contribution in [-0.4, -0.2) is 36.8 Å². The second kappa shape index (κ2) is 16.4. The minimum Gasteiger partial charge on any atom is -0.495 e. The highest BCUT2D eigenvalue weighted by atomic mass is 35.5. The number of nitriles is 1. The van der Waals surface area contributed by atoms with Crippen LogP contribution in [-0.2, 0) is 52.9 Å². The molecule has 4 aromatic carbocycles. The topological polar surface area (TPSA) is 152 Å². The largest absolute Gasteiger partial charge is 0.495 e. The molecule has 0 bridgehead atoms. The summed E-state index contributed by atoms with van der Waals surface area (Å²) in [5, 5.41) is 8.74. The number of rotatable bonds is 15. The number of hydrogen-bond acceptors (Lipinski definition) is 9. The molecule has 0 aromatic heterocycles. The Morgan fingerprint density at radius 3 is 2.25 bits per heavy atom. The Labute approximate surface area is 299 Å². The molecule has 2 atom stereocenters. The Hall–Kier alpha value is -4.19.